The lowest BCUT2D eigenvalue weighted by atomic mass is 9.94. The number of nitrogens with zero attached hydrogens (tertiary/aromatic N) is 1. The van der Waals surface area contributed by atoms with E-state index in [1.165, 1.54) is 31.0 Å². The van der Waals surface area contributed by atoms with Gasteiger partial charge in [0.05, 0.1) is 0 Å². The molecule has 1 aromatic carbocycles. The van der Waals surface area contributed by atoms with E-state index in [-0.39, 0.29) is 17.6 Å². The lowest BCUT2D eigenvalue weighted by molar-refractivity contribution is 0.322. The maximum Gasteiger partial charge on any atom is 0.126 e. The van der Waals surface area contributed by atoms with Crippen molar-refractivity contribution in [2.75, 3.05) is 13.1 Å². The molecule has 1 nitrogen and oxygen atoms in total. The highest BCUT2D eigenvalue weighted by molar-refractivity contribution is 5.25. The largest absolute Gasteiger partial charge is 0.300 e. The fourth-order valence-corrected chi connectivity index (χ4v) is 3.14. The first-order chi connectivity index (χ1) is 7.74. The van der Waals surface area contributed by atoms with Crippen LogP contribution in [0.4, 0.5) is 8.78 Å². The summed E-state index contributed by atoms with van der Waals surface area (Å²) in [5.74, 6) is -0.406. The third-order valence-electron chi connectivity index (χ3n) is 3.91. The molecular formula is C13H15F2N. The minimum Gasteiger partial charge on any atom is -0.300 e. The Hall–Kier alpha value is -0.960. The molecule has 2 atom stereocenters. The highest BCUT2D eigenvalue weighted by Crippen LogP contribution is 2.37. The predicted octanol–water partition coefficient (Wildman–Crippen LogP) is 2.92. The number of fused-ring (bicyclic) bond motifs is 1. The normalized spacial score (nSPS) is 29.6. The molecule has 86 valence electrons. The molecule has 0 aliphatic carbocycles. The topological polar surface area (TPSA) is 3.24 Å². The van der Waals surface area contributed by atoms with Gasteiger partial charge in [0.2, 0.25) is 0 Å². The Morgan fingerprint density at radius 1 is 1.25 bits per heavy atom. The molecule has 0 saturated carbocycles. The molecule has 0 radical (unpaired) electrons. The lowest BCUT2D eigenvalue weighted by Crippen LogP contribution is -2.22. The van der Waals surface area contributed by atoms with E-state index < -0.39 is 0 Å². The first-order valence-electron chi connectivity index (χ1n) is 5.93. The van der Waals surface area contributed by atoms with Crippen LogP contribution in [-0.2, 0) is 0 Å². The molecule has 2 aliphatic heterocycles. The van der Waals surface area contributed by atoms with Crippen LogP contribution >= 0.6 is 0 Å². The molecule has 3 heteroatoms. The van der Waals surface area contributed by atoms with Crippen LogP contribution in [0.25, 0.3) is 0 Å². The Labute approximate surface area is 94.1 Å². The average Bonchev–Trinajstić information content (AvgIpc) is 2.81. The zero-order valence-corrected chi connectivity index (χ0v) is 9.13. The van der Waals surface area contributed by atoms with Crippen molar-refractivity contribution >= 4 is 0 Å². The van der Waals surface area contributed by atoms with Crippen molar-refractivity contribution in [3.8, 4) is 0 Å². The van der Waals surface area contributed by atoms with Crippen LogP contribution in [0.3, 0.4) is 0 Å². The summed E-state index contributed by atoms with van der Waals surface area (Å²) in [5.41, 5.74) is 0.564. The van der Waals surface area contributed by atoms with Crippen LogP contribution in [0.1, 0.15) is 30.7 Å². The van der Waals surface area contributed by atoms with Gasteiger partial charge in [-0.15, -0.1) is 0 Å². The molecule has 0 aromatic heterocycles. The zero-order chi connectivity index (χ0) is 11.1. The number of hydrogen-bond donors (Lipinski definition) is 0. The summed E-state index contributed by atoms with van der Waals surface area (Å²) in [5, 5.41) is 0. The molecular weight excluding hydrogens is 208 g/mol. The fraction of sp³-hybridized carbons (Fsp3) is 0.538. The van der Waals surface area contributed by atoms with Crippen LogP contribution in [0, 0.1) is 11.6 Å². The summed E-state index contributed by atoms with van der Waals surface area (Å²) in [6.45, 7) is 2.02. The summed E-state index contributed by atoms with van der Waals surface area (Å²) in [6.07, 6.45) is 3.46. The van der Waals surface area contributed by atoms with Crippen molar-refractivity contribution in [2.24, 2.45) is 0 Å². The first-order valence-corrected chi connectivity index (χ1v) is 5.93. The zero-order valence-electron chi connectivity index (χ0n) is 9.13. The van der Waals surface area contributed by atoms with Gasteiger partial charge in [0, 0.05) is 18.5 Å². The standard InChI is InChI=1S/C13H15F2N/c14-10-3-4-13(15)12(7-10)9-6-11-2-1-5-16(11)8-9/h3-4,7,9,11H,1-2,5-6,8H2/t9-,11?/m0/s1. The van der Waals surface area contributed by atoms with Gasteiger partial charge >= 0.3 is 0 Å². The maximum atomic E-state index is 13.6. The average molecular weight is 223 g/mol. The molecule has 16 heavy (non-hydrogen) atoms. The molecule has 0 bridgehead atoms. The molecule has 2 fully saturated rings. The van der Waals surface area contributed by atoms with Crippen molar-refractivity contribution in [2.45, 2.75) is 31.2 Å². The van der Waals surface area contributed by atoms with Crippen molar-refractivity contribution in [3.63, 3.8) is 0 Å². The van der Waals surface area contributed by atoms with E-state index >= 15 is 0 Å². The van der Waals surface area contributed by atoms with E-state index in [1.807, 2.05) is 0 Å². The summed E-state index contributed by atoms with van der Waals surface area (Å²) < 4.78 is 26.7. The summed E-state index contributed by atoms with van der Waals surface area (Å²) >= 11 is 0. The van der Waals surface area contributed by atoms with Gasteiger partial charge in [-0.1, -0.05) is 0 Å². The van der Waals surface area contributed by atoms with Crippen molar-refractivity contribution < 1.29 is 8.78 Å². The minimum absolute atomic E-state index is 0.181. The lowest BCUT2D eigenvalue weighted by Gasteiger charge is -2.13. The second kappa shape index (κ2) is 3.81. The van der Waals surface area contributed by atoms with Crippen LogP contribution < -0.4 is 0 Å². The van der Waals surface area contributed by atoms with E-state index in [1.54, 1.807) is 0 Å². The Morgan fingerprint density at radius 2 is 2.12 bits per heavy atom. The highest BCUT2D eigenvalue weighted by Gasteiger charge is 2.36. The van der Waals surface area contributed by atoms with Gasteiger partial charge in [-0.05, 0) is 49.6 Å². The SMILES string of the molecule is Fc1ccc(F)c([C@H]2CC3CCCN3C2)c1. The Bertz CT molecular complexity index is 393. The Kier molecular flexibility index (Phi) is 2.43. The minimum atomic E-state index is -0.330. The molecule has 1 unspecified atom stereocenters. The van der Waals surface area contributed by atoms with Crippen LogP contribution in [0.5, 0.6) is 0 Å². The van der Waals surface area contributed by atoms with E-state index in [2.05, 4.69) is 4.90 Å². The van der Waals surface area contributed by atoms with Crippen molar-refractivity contribution in [1.82, 2.24) is 4.90 Å². The molecule has 0 spiro atoms. The first kappa shape index (κ1) is 10.2. The molecule has 2 aliphatic rings. The third-order valence-corrected chi connectivity index (χ3v) is 3.91. The Balaban J connectivity index is 1.85. The van der Waals surface area contributed by atoms with Gasteiger partial charge in [-0.2, -0.15) is 0 Å². The van der Waals surface area contributed by atoms with Gasteiger partial charge in [-0.25, -0.2) is 8.78 Å². The summed E-state index contributed by atoms with van der Waals surface area (Å²) in [6, 6.07) is 4.40. The fourth-order valence-electron chi connectivity index (χ4n) is 3.14. The van der Waals surface area contributed by atoms with E-state index in [4.69, 9.17) is 0 Å². The number of rotatable bonds is 1. The molecule has 2 saturated heterocycles. The van der Waals surface area contributed by atoms with Gasteiger partial charge in [0.1, 0.15) is 11.6 Å². The van der Waals surface area contributed by atoms with Gasteiger partial charge < -0.3 is 0 Å². The molecule has 1 aromatic rings. The third kappa shape index (κ3) is 1.63. The quantitative estimate of drug-likeness (QED) is 0.707. The van der Waals surface area contributed by atoms with Gasteiger partial charge in [0.15, 0.2) is 0 Å². The smallest absolute Gasteiger partial charge is 0.126 e. The molecule has 3 rings (SSSR count). The van der Waals surface area contributed by atoms with Crippen LogP contribution in [0.2, 0.25) is 0 Å². The van der Waals surface area contributed by atoms with Crippen molar-refractivity contribution in [3.05, 3.63) is 35.4 Å². The predicted molar refractivity (Wildman–Crippen MR) is 58.3 cm³/mol. The summed E-state index contributed by atoms with van der Waals surface area (Å²) in [7, 11) is 0. The number of hydrogen-bond acceptors (Lipinski definition) is 1. The summed E-state index contributed by atoms with van der Waals surface area (Å²) in [4.78, 5) is 2.41. The number of benzene rings is 1. The maximum absolute atomic E-state index is 13.6. The second-order valence-corrected chi connectivity index (χ2v) is 4.89. The van der Waals surface area contributed by atoms with E-state index in [9.17, 15) is 8.78 Å². The van der Waals surface area contributed by atoms with Crippen molar-refractivity contribution in [1.29, 1.82) is 0 Å². The highest BCUT2D eigenvalue weighted by atomic mass is 19.1. The Morgan fingerprint density at radius 3 is 2.94 bits per heavy atom. The van der Waals surface area contributed by atoms with E-state index in [0.717, 1.165) is 19.5 Å². The van der Waals surface area contributed by atoms with Crippen LogP contribution in [-0.4, -0.2) is 24.0 Å². The van der Waals surface area contributed by atoms with Crippen LogP contribution in [0.15, 0.2) is 18.2 Å². The van der Waals surface area contributed by atoms with Gasteiger partial charge in [0.25, 0.3) is 0 Å². The number of halogens is 2. The van der Waals surface area contributed by atoms with E-state index in [0.29, 0.717) is 11.6 Å². The molecule has 0 N–H and O–H groups in total. The molecule has 2 heterocycles. The van der Waals surface area contributed by atoms with Gasteiger partial charge in [-0.3, -0.25) is 4.90 Å². The second-order valence-electron chi connectivity index (χ2n) is 4.89. The monoisotopic (exact) mass is 223 g/mol. The molecule has 0 amide bonds.